The van der Waals surface area contributed by atoms with Crippen LogP contribution in [0.5, 0.6) is 0 Å². The second kappa shape index (κ2) is 7.68. The number of nitrogens with one attached hydrogen (secondary N) is 1. The number of aliphatic hydroxyl groups excluding tert-OH is 1. The number of nitrogens with zero attached hydrogens (tertiary/aromatic N) is 2. The molecule has 3 heterocycles. The number of carboxylic acids is 1. The summed E-state index contributed by atoms with van der Waals surface area (Å²) in [7, 11) is 3.49. The van der Waals surface area contributed by atoms with Crippen LogP contribution >= 0.6 is 11.8 Å². The lowest BCUT2D eigenvalue weighted by Gasteiger charge is -2.52. The van der Waals surface area contributed by atoms with E-state index in [2.05, 4.69) is 5.32 Å². The van der Waals surface area contributed by atoms with Crippen molar-refractivity contribution in [3.63, 3.8) is 0 Å². The normalized spacial score (nSPS) is 33.0. The van der Waals surface area contributed by atoms with Crippen LogP contribution in [0, 0.1) is 5.92 Å². The number of β-lactam (4-membered cyclic amide) rings is 1. The van der Waals surface area contributed by atoms with Gasteiger partial charge in [-0.1, -0.05) is 6.92 Å². The molecule has 3 rings (SSSR count). The molecule has 1 unspecified atom stereocenters. The van der Waals surface area contributed by atoms with Crippen LogP contribution in [-0.4, -0.2) is 81.4 Å². The van der Waals surface area contributed by atoms with Crippen LogP contribution in [0.25, 0.3) is 0 Å². The average Bonchev–Trinajstić information content (AvgIpc) is 3.13. The Balaban J connectivity index is 1.71. The second-order valence-corrected chi connectivity index (χ2v) is 9.56. The van der Waals surface area contributed by atoms with Crippen LogP contribution in [-0.2, 0) is 14.4 Å². The number of rotatable bonds is 7. The molecule has 0 bridgehead atoms. The molecule has 0 spiro atoms. The third-order valence-electron chi connectivity index (χ3n) is 6.31. The molecule has 156 valence electrons. The van der Waals surface area contributed by atoms with Gasteiger partial charge in [0.1, 0.15) is 5.70 Å². The summed E-state index contributed by atoms with van der Waals surface area (Å²) < 4.78 is 0. The molecule has 28 heavy (non-hydrogen) atoms. The van der Waals surface area contributed by atoms with E-state index in [0.717, 1.165) is 19.4 Å². The number of hydrogen-bond acceptors (Lipinski definition) is 6. The summed E-state index contributed by atoms with van der Waals surface area (Å²) in [5.74, 6) is -1.50. The van der Waals surface area contributed by atoms with Gasteiger partial charge in [-0.15, -0.1) is 11.8 Å². The van der Waals surface area contributed by atoms with Crippen LogP contribution in [0.2, 0.25) is 0 Å². The SMILES string of the molecule is CC(O)[C@@]12CC(=O)N1C(C(=O)O)=C(S[C@@H]1CN[C@H](CCC(=O)N(C)C)C1)[C@@H]2C. The Morgan fingerprint density at radius 1 is 1.43 bits per heavy atom. The summed E-state index contributed by atoms with van der Waals surface area (Å²) in [6.45, 7) is 4.25. The van der Waals surface area contributed by atoms with Gasteiger partial charge in [-0.2, -0.15) is 0 Å². The number of hydrogen-bond donors (Lipinski definition) is 3. The number of carbonyl (C=O) groups is 3. The molecule has 0 radical (unpaired) electrons. The topological polar surface area (TPSA) is 110 Å². The average molecular weight is 412 g/mol. The maximum atomic E-state index is 12.2. The van der Waals surface area contributed by atoms with Gasteiger partial charge in [0.05, 0.1) is 18.1 Å². The zero-order valence-electron chi connectivity index (χ0n) is 16.8. The molecule has 3 N–H and O–H groups in total. The van der Waals surface area contributed by atoms with Crippen molar-refractivity contribution in [1.29, 1.82) is 0 Å². The largest absolute Gasteiger partial charge is 0.477 e. The predicted octanol–water partition coefficient (Wildman–Crippen LogP) is 0.616. The minimum absolute atomic E-state index is 0.0286. The van der Waals surface area contributed by atoms with Gasteiger partial charge in [0, 0.05) is 49.2 Å². The molecule has 0 aliphatic carbocycles. The third kappa shape index (κ3) is 3.33. The summed E-state index contributed by atoms with van der Waals surface area (Å²) in [5.41, 5.74) is -0.808. The molecule has 5 atom stereocenters. The highest BCUT2D eigenvalue weighted by Gasteiger charge is 2.65. The smallest absolute Gasteiger partial charge is 0.353 e. The molecule has 8 nitrogen and oxygen atoms in total. The molecule has 2 fully saturated rings. The van der Waals surface area contributed by atoms with E-state index in [-0.39, 0.29) is 41.1 Å². The molecule has 9 heteroatoms. The van der Waals surface area contributed by atoms with Gasteiger partial charge in [0.15, 0.2) is 0 Å². The Morgan fingerprint density at radius 2 is 2.11 bits per heavy atom. The van der Waals surface area contributed by atoms with Crippen molar-refractivity contribution in [2.24, 2.45) is 5.92 Å². The highest BCUT2D eigenvalue weighted by Crippen LogP contribution is 2.56. The molecule has 0 aromatic heterocycles. The van der Waals surface area contributed by atoms with Crippen LogP contribution in [0.15, 0.2) is 10.6 Å². The fourth-order valence-corrected chi connectivity index (χ4v) is 6.18. The van der Waals surface area contributed by atoms with Gasteiger partial charge in [-0.25, -0.2) is 4.79 Å². The van der Waals surface area contributed by atoms with Gasteiger partial charge in [-0.05, 0) is 19.8 Å². The maximum absolute atomic E-state index is 12.2. The van der Waals surface area contributed by atoms with Crippen LogP contribution in [0.1, 0.15) is 39.5 Å². The zero-order valence-corrected chi connectivity index (χ0v) is 17.6. The monoisotopic (exact) mass is 411 g/mol. The Morgan fingerprint density at radius 3 is 2.64 bits per heavy atom. The Kier molecular flexibility index (Phi) is 5.80. The summed E-state index contributed by atoms with van der Waals surface area (Å²) >= 11 is 1.51. The highest BCUT2D eigenvalue weighted by molar-refractivity contribution is 8.03. The standard InChI is InChI=1S/C19H29N3O5S/c1-10-17(16(18(26)27)22-15(25)8-19(10,22)11(2)23)28-13-7-12(20-9-13)5-6-14(24)21(3)4/h10-13,20,23H,5-9H2,1-4H3,(H,26,27)/t10-,11?,12+,13-,19-/m0/s1. The van der Waals surface area contributed by atoms with Crippen molar-refractivity contribution in [3.8, 4) is 0 Å². The number of aliphatic hydroxyl groups is 1. The van der Waals surface area contributed by atoms with Crippen molar-refractivity contribution in [2.45, 2.75) is 62.5 Å². The van der Waals surface area contributed by atoms with E-state index in [4.69, 9.17) is 0 Å². The van der Waals surface area contributed by atoms with Crippen molar-refractivity contribution in [1.82, 2.24) is 15.1 Å². The lowest BCUT2D eigenvalue weighted by molar-refractivity contribution is -0.167. The maximum Gasteiger partial charge on any atom is 0.353 e. The summed E-state index contributed by atoms with van der Waals surface area (Å²) in [5, 5.41) is 23.7. The number of carboxylic acid groups (broad SMARTS) is 1. The fraction of sp³-hybridized carbons (Fsp3) is 0.737. The predicted molar refractivity (Wildman–Crippen MR) is 105 cm³/mol. The Bertz CT molecular complexity index is 722. The first kappa shape index (κ1) is 21.1. The molecule has 2 amide bonds. The first-order chi connectivity index (χ1) is 13.1. The molecule has 0 saturated carbocycles. The quantitative estimate of drug-likeness (QED) is 0.527. The van der Waals surface area contributed by atoms with E-state index in [1.807, 2.05) is 6.92 Å². The Labute approximate surface area is 169 Å². The van der Waals surface area contributed by atoms with Crippen LogP contribution < -0.4 is 5.32 Å². The van der Waals surface area contributed by atoms with Crippen LogP contribution in [0.3, 0.4) is 0 Å². The highest BCUT2D eigenvalue weighted by atomic mass is 32.2. The number of fused-ring (bicyclic) bond motifs is 1. The minimum Gasteiger partial charge on any atom is -0.477 e. The summed E-state index contributed by atoms with van der Waals surface area (Å²) in [6, 6.07) is 0.219. The van der Waals surface area contributed by atoms with E-state index in [0.29, 0.717) is 11.3 Å². The molecular weight excluding hydrogens is 382 g/mol. The molecular formula is C19H29N3O5S. The van der Waals surface area contributed by atoms with Crippen molar-refractivity contribution >= 4 is 29.5 Å². The van der Waals surface area contributed by atoms with E-state index >= 15 is 0 Å². The first-order valence-electron chi connectivity index (χ1n) is 9.68. The van der Waals surface area contributed by atoms with Crippen molar-refractivity contribution < 1.29 is 24.6 Å². The van der Waals surface area contributed by atoms with Gasteiger partial charge in [-0.3, -0.25) is 14.5 Å². The van der Waals surface area contributed by atoms with Crippen molar-refractivity contribution in [3.05, 3.63) is 10.6 Å². The van der Waals surface area contributed by atoms with Crippen molar-refractivity contribution in [2.75, 3.05) is 20.6 Å². The van der Waals surface area contributed by atoms with E-state index in [1.165, 1.54) is 16.7 Å². The number of thioether (sulfide) groups is 1. The number of aliphatic carboxylic acids is 1. The zero-order chi connectivity index (χ0) is 20.8. The summed E-state index contributed by atoms with van der Waals surface area (Å²) in [4.78, 5) is 39.5. The lowest BCUT2D eigenvalue weighted by Crippen LogP contribution is -2.68. The molecule has 0 aromatic carbocycles. The van der Waals surface area contributed by atoms with Crippen LogP contribution in [0.4, 0.5) is 0 Å². The Hall–Kier alpha value is -1.58. The molecule has 2 saturated heterocycles. The van der Waals surface area contributed by atoms with Gasteiger partial charge < -0.3 is 20.4 Å². The van der Waals surface area contributed by atoms with E-state index in [9.17, 15) is 24.6 Å². The first-order valence-corrected chi connectivity index (χ1v) is 10.6. The lowest BCUT2D eigenvalue weighted by atomic mass is 9.73. The van der Waals surface area contributed by atoms with Gasteiger partial charge >= 0.3 is 5.97 Å². The number of carbonyl (C=O) groups excluding carboxylic acids is 2. The van der Waals surface area contributed by atoms with Gasteiger partial charge in [0.25, 0.3) is 0 Å². The second-order valence-electron chi connectivity index (χ2n) is 8.22. The van der Waals surface area contributed by atoms with E-state index < -0.39 is 17.6 Å². The molecule has 3 aliphatic rings. The van der Waals surface area contributed by atoms with E-state index in [1.54, 1.807) is 25.9 Å². The minimum atomic E-state index is -1.12. The molecule has 3 aliphatic heterocycles. The molecule has 0 aromatic rings. The fourth-order valence-electron chi connectivity index (χ4n) is 4.61. The summed E-state index contributed by atoms with van der Waals surface area (Å²) in [6.07, 6.45) is 1.43. The third-order valence-corrected chi connectivity index (χ3v) is 7.80. The number of amides is 2. The van der Waals surface area contributed by atoms with Gasteiger partial charge in [0.2, 0.25) is 11.8 Å².